The number of hydrogen-bond donors (Lipinski definition) is 1. The van der Waals surface area contributed by atoms with Crippen molar-refractivity contribution in [2.45, 2.75) is 31.7 Å². The highest BCUT2D eigenvalue weighted by atomic mass is 35.5. The van der Waals surface area contributed by atoms with E-state index in [0.29, 0.717) is 24.2 Å². The van der Waals surface area contributed by atoms with Crippen LogP contribution < -0.4 is 5.32 Å². The summed E-state index contributed by atoms with van der Waals surface area (Å²) in [7, 11) is -2.21. The van der Waals surface area contributed by atoms with Crippen molar-refractivity contribution in [1.82, 2.24) is 9.62 Å². The number of nitrogens with zero attached hydrogens (tertiary/aromatic N) is 1. The van der Waals surface area contributed by atoms with Crippen LogP contribution >= 0.6 is 12.4 Å². The molecule has 8 heteroatoms. The zero-order valence-electron chi connectivity index (χ0n) is 13.5. The molecule has 1 aliphatic heterocycles. The van der Waals surface area contributed by atoms with Crippen molar-refractivity contribution in [2.75, 3.05) is 20.2 Å². The van der Waals surface area contributed by atoms with Crippen molar-refractivity contribution in [3.63, 3.8) is 0 Å². The molecule has 2 unspecified atom stereocenters. The number of carbonyl (C=O) groups is 1. The highest BCUT2D eigenvalue weighted by molar-refractivity contribution is 7.88. The molecule has 0 spiro atoms. The summed E-state index contributed by atoms with van der Waals surface area (Å²) in [5, 5.41) is 3.26. The average Bonchev–Trinajstić information content (AvgIpc) is 2.49. The first kappa shape index (κ1) is 19.9. The van der Waals surface area contributed by atoms with Gasteiger partial charge < -0.3 is 10.1 Å². The van der Waals surface area contributed by atoms with Crippen molar-refractivity contribution in [3.05, 3.63) is 35.4 Å². The van der Waals surface area contributed by atoms with Crippen molar-refractivity contribution >= 4 is 28.4 Å². The van der Waals surface area contributed by atoms with E-state index in [2.05, 4.69) is 5.32 Å². The Morgan fingerprint density at radius 2 is 2.00 bits per heavy atom. The molecule has 1 saturated heterocycles. The minimum atomic E-state index is -3.50. The lowest BCUT2D eigenvalue weighted by Crippen LogP contribution is -2.57. The SMILES string of the molecule is COC(=O)c1ccccc1CS(=O)(=O)N1CCNC(C)C1C.Cl. The van der Waals surface area contributed by atoms with Gasteiger partial charge in [0.15, 0.2) is 0 Å². The number of sulfonamides is 1. The van der Waals surface area contributed by atoms with Gasteiger partial charge in [-0.05, 0) is 25.5 Å². The van der Waals surface area contributed by atoms with Crippen LogP contribution in [0.3, 0.4) is 0 Å². The molecule has 2 rings (SSSR count). The Hall–Kier alpha value is -1.15. The summed E-state index contributed by atoms with van der Waals surface area (Å²) >= 11 is 0. The third kappa shape index (κ3) is 4.44. The molecule has 1 aromatic rings. The fraction of sp³-hybridized carbons (Fsp3) is 0.533. The van der Waals surface area contributed by atoms with Gasteiger partial charge in [-0.2, -0.15) is 4.31 Å². The highest BCUT2D eigenvalue weighted by Crippen LogP contribution is 2.20. The van der Waals surface area contributed by atoms with Gasteiger partial charge in [-0.3, -0.25) is 0 Å². The van der Waals surface area contributed by atoms with Crippen LogP contribution in [0.25, 0.3) is 0 Å². The molecule has 2 atom stereocenters. The summed E-state index contributed by atoms with van der Waals surface area (Å²) in [6.45, 7) is 4.92. The number of nitrogens with one attached hydrogen (secondary N) is 1. The van der Waals surface area contributed by atoms with Gasteiger partial charge in [-0.25, -0.2) is 13.2 Å². The first-order valence-electron chi connectivity index (χ1n) is 7.26. The number of halogens is 1. The van der Waals surface area contributed by atoms with Gasteiger partial charge in [0.05, 0.1) is 18.4 Å². The van der Waals surface area contributed by atoms with Crippen LogP contribution in [0, 0.1) is 0 Å². The summed E-state index contributed by atoms with van der Waals surface area (Å²) in [4.78, 5) is 11.8. The van der Waals surface area contributed by atoms with E-state index >= 15 is 0 Å². The quantitative estimate of drug-likeness (QED) is 0.819. The lowest BCUT2D eigenvalue weighted by Gasteiger charge is -2.37. The zero-order chi connectivity index (χ0) is 16.3. The van der Waals surface area contributed by atoms with E-state index in [1.54, 1.807) is 24.3 Å². The molecule has 1 heterocycles. The number of esters is 1. The van der Waals surface area contributed by atoms with Crippen molar-refractivity contribution < 1.29 is 17.9 Å². The number of hydrogen-bond acceptors (Lipinski definition) is 5. The lowest BCUT2D eigenvalue weighted by atomic mass is 10.1. The first-order valence-corrected chi connectivity index (χ1v) is 8.87. The number of ether oxygens (including phenoxy) is 1. The second-order valence-electron chi connectivity index (χ2n) is 5.50. The topological polar surface area (TPSA) is 75.7 Å². The van der Waals surface area contributed by atoms with Gasteiger partial charge in [0.25, 0.3) is 0 Å². The second kappa shape index (κ2) is 8.10. The van der Waals surface area contributed by atoms with Gasteiger partial charge in [-0.1, -0.05) is 18.2 Å². The predicted molar refractivity (Wildman–Crippen MR) is 91.3 cm³/mol. The number of carbonyl (C=O) groups excluding carboxylic acids is 1. The Bertz CT molecular complexity index is 651. The first-order chi connectivity index (χ1) is 10.4. The smallest absolute Gasteiger partial charge is 0.338 e. The maximum Gasteiger partial charge on any atom is 0.338 e. The summed E-state index contributed by atoms with van der Waals surface area (Å²) in [5.74, 6) is -0.720. The maximum absolute atomic E-state index is 12.7. The average molecular weight is 363 g/mol. The number of piperazine rings is 1. The Morgan fingerprint density at radius 3 is 2.65 bits per heavy atom. The second-order valence-corrected chi connectivity index (χ2v) is 7.42. The molecule has 1 N–H and O–H groups in total. The minimum Gasteiger partial charge on any atom is -0.465 e. The highest BCUT2D eigenvalue weighted by Gasteiger charge is 2.33. The fourth-order valence-electron chi connectivity index (χ4n) is 2.65. The molecule has 1 fully saturated rings. The third-order valence-electron chi connectivity index (χ3n) is 4.09. The number of benzene rings is 1. The maximum atomic E-state index is 12.7. The van der Waals surface area contributed by atoms with Gasteiger partial charge in [0.2, 0.25) is 10.0 Å². The van der Waals surface area contributed by atoms with Crippen molar-refractivity contribution in [1.29, 1.82) is 0 Å². The molecular formula is C15H23ClN2O4S. The van der Waals surface area contributed by atoms with Gasteiger partial charge >= 0.3 is 5.97 Å². The molecule has 0 saturated carbocycles. The molecule has 0 aromatic heterocycles. The van der Waals surface area contributed by atoms with E-state index in [-0.39, 0.29) is 30.2 Å². The van der Waals surface area contributed by atoms with E-state index in [1.165, 1.54) is 11.4 Å². The van der Waals surface area contributed by atoms with Crippen LogP contribution in [-0.4, -0.2) is 51.0 Å². The molecule has 0 radical (unpaired) electrons. The molecule has 23 heavy (non-hydrogen) atoms. The Labute approximate surface area is 143 Å². The molecule has 0 bridgehead atoms. The standard InChI is InChI=1S/C15H22N2O4S.ClH/c1-11-12(2)17(9-8-16-11)22(19,20)10-13-6-4-5-7-14(13)15(18)21-3;/h4-7,11-12,16H,8-10H2,1-3H3;1H. The molecule has 1 aromatic carbocycles. The van der Waals surface area contributed by atoms with Crippen LogP contribution in [0.5, 0.6) is 0 Å². The minimum absolute atomic E-state index is 0. The Balaban J connectivity index is 0.00000264. The van der Waals surface area contributed by atoms with E-state index in [0.717, 1.165) is 0 Å². The molecule has 0 aliphatic carbocycles. The summed E-state index contributed by atoms with van der Waals surface area (Å²) < 4.78 is 31.7. The van der Waals surface area contributed by atoms with Gasteiger partial charge in [-0.15, -0.1) is 12.4 Å². The van der Waals surface area contributed by atoms with E-state index in [1.807, 2.05) is 13.8 Å². The summed E-state index contributed by atoms with van der Waals surface area (Å²) in [6.07, 6.45) is 0. The van der Waals surface area contributed by atoms with Crippen LogP contribution in [0.4, 0.5) is 0 Å². The largest absolute Gasteiger partial charge is 0.465 e. The third-order valence-corrected chi connectivity index (χ3v) is 6.00. The Morgan fingerprint density at radius 1 is 1.35 bits per heavy atom. The molecule has 130 valence electrons. The van der Waals surface area contributed by atoms with Crippen molar-refractivity contribution in [2.24, 2.45) is 0 Å². The van der Waals surface area contributed by atoms with Crippen LogP contribution in [-0.2, 0) is 20.5 Å². The normalized spacial score (nSPS) is 22.2. The Kier molecular flexibility index (Phi) is 7.01. The van der Waals surface area contributed by atoms with E-state index < -0.39 is 16.0 Å². The van der Waals surface area contributed by atoms with E-state index in [4.69, 9.17) is 4.74 Å². The summed E-state index contributed by atoms with van der Waals surface area (Å²) in [6, 6.07) is 6.63. The van der Waals surface area contributed by atoms with Crippen LogP contribution in [0.15, 0.2) is 24.3 Å². The molecule has 0 amide bonds. The van der Waals surface area contributed by atoms with E-state index in [9.17, 15) is 13.2 Å². The molecule has 1 aliphatic rings. The monoisotopic (exact) mass is 362 g/mol. The van der Waals surface area contributed by atoms with Gasteiger partial charge in [0.1, 0.15) is 0 Å². The van der Waals surface area contributed by atoms with Crippen LogP contribution in [0.2, 0.25) is 0 Å². The van der Waals surface area contributed by atoms with Crippen molar-refractivity contribution in [3.8, 4) is 0 Å². The number of methoxy groups -OCH3 is 1. The van der Waals surface area contributed by atoms with Gasteiger partial charge in [0, 0.05) is 25.2 Å². The predicted octanol–water partition coefficient (Wildman–Crippen LogP) is 1.41. The van der Waals surface area contributed by atoms with Crippen LogP contribution in [0.1, 0.15) is 29.8 Å². The zero-order valence-corrected chi connectivity index (χ0v) is 15.1. The summed E-state index contributed by atoms with van der Waals surface area (Å²) in [5.41, 5.74) is 0.761. The fourth-order valence-corrected chi connectivity index (χ4v) is 4.52. The molecular weight excluding hydrogens is 340 g/mol. The lowest BCUT2D eigenvalue weighted by molar-refractivity contribution is 0.0600. The number of rotatable bonds is 4. The molecule has 6 nitrogen and oxygen atoms in total.